The Bertz CT molecular complexity index is 889. The highest BCUT2D eigenvalue weighted by Crippen LogP contribution is 2.38. The Morgan fingerprint density at radius 3 is 2.50 bits per heavy atom. The molecular formula is C19H17NO4. The molecule has 1 aliphatic rings. The number of carbonyl (C=O) groups excluding carboxylic acids is 3. The van der Waals surface area contributed by atoms with E-state index in [0.29, 0.717) is 29.1 Å². The summed E-state index contributed by atoms with van der Waals surface area (Å²) in [5.41, 5.74) is 2.48. The van der Waals surface area contributed by atoms with E-state index < -0.39 is 17.5 Å². The Kier molecular flexibility index (Phi) is 3.93. The molecule has 1 aromatic carbocycles. The summed E-state index contributed by atoms with van der Waals surface area (Å²) in [5, 5.41) is 0. The molecule has 0 bridgehead atoms. The Morgan fingerprint density at radius 2 is 1.88 bits per heavy atom. The van der Waals surface area contributed by atoms with Gasteiger partial charge in [-0.1, -0.05) is 30.3 Å². The first-order valence-electron chi connectivity index (χ1n) is 7.72. The Labute approximate surface area is 139 Å². The maximum absolute atomic E-state index is 12.7. The van der Waals surface area contributed by atoms with Gasteiger partial charge in [0.05, 0.1) is 23.4 Å². The van der Waals surface area contributed by atoms with Gasteiger partial charge in [-0.2, -0.15) is 0 Å². The SMILES string of the molecule is C=CCn1c(C)c(C(=O)OCC)c2c1-c1ccccc1C(=O)C2=O. The number of carbonyl (C=O) groups is 3. The number of allylic oxidation sites excluding steroid dienone is 1. The zero-order valence-electron chi connectivity index (χ0n) is 13.6. The number of benzene rings is 1. The molecule has 2 aromatic rings. The van der Waals surface area contributed by atoms with Crippen molar-refractivity contribution in [3.63, 3.8) is 0 Å². The van der Waals surface area contributed by atoms with Crippen LogP contribution in [0.5, 0.6) is 0 Å². The first-order chi connectivity index (χ1) is 11.5. The van der Waals surface area contributed by atoms with Crippen LogP contribution in [0.4, 0.5) is 0 Å². The van der Waals surface area contributed by atoms with Crippen molar-refractivity contribution < 1.29 is 19.1 Å². The van der Waals surface area contributed by atoms with Crippen molar-refractivity contribution in [2.45, 2.75) is 20.4 Å². The van der Waals surface area contributed by atoms with E-state index in [1.54, 1.807) is 44.2 Å². The molecule has 1 aliphatic carbocycles. The van der Waals surface area contributed by atoms with Crippen molar-refractivity contribution in [3.8, 4) is 11.3 Å². The molecule has 0 unspecified atom stereocenters. The van der Waals surface area contributed by atoms with Gasteiger partial charge in [0, 0.05) is 23.4 Å². The van der Waals surface area contributed by atoms with Crippen LogP contribution >= 0.6 is 0 Å². The predicted octanol–water partition coefficient (Wildman–Crippen LogP) is 3.21. The number of hydrogen-bond acceptors (Lipinski definition) is 4. The highest BCUT2D eigenvalue weighted by Gasteiger charge is 2.39. The number of Topliss-reactive ketones (excluding diaryl/α,β-unsaturated/α-hetero) is 2. The second kappa shape index (κ2) is 5.92. The molecule has 3 rings (SSSR count). The first-order valence-corrected chi connectivity index (χ1v) is 7.72. The van der Waals surface area contributed by atoms with Crippen LogP contribution < -0.4 is 0 Å². The fourth-order valence-electron chi connectivity index (χ4n) is 3.17. The Hall–Kier alpha value is -2.95. The predicted molar refractivity (Wildman–Crippen MR) is 89.4 cm³/mol. The highest BCUT2D eigenvalue weighted by atomic mass is 16.5. The molecule has 0 radical (unpaired) electrons. The molecule has 1 aromatic heterocycles. The smallest absolute Gasteiger partial charge is 0.340 e. The molecule has 5 heteroatoms. The third-order valence-corrected chi connectivity index (χ3v) is 4.17. The normalized spacial score (nSPS) is 12.6. The van der Waals surface area contributed by atoms with Gasteiger partial charge in [-0.25, -0.2) is 4.79 Å². The van der Waals surface area contributed by atoms with Crippen molar-refractivity contribution in [1.29, 1.82) is 0 Å². The summed E-state index contributed by atoms with van der Waals surface area (Å²) >= 11 is 0. The number of ether oxygens (including phenoxy) is 1. The van der Waals surface area contributed by atoms with Gasteiger partial charge in [0.1, 0.15) is 0 Å². The highest BCUT2D eigenvalue weighted by molar-refractivity contribution is 6.53. The van der Waals surface area contributed by atoms with Crippen molar-refractivity contribution in [2.75, 3.05) is 6.61 Å². The van der Waals surface area contributed by atoms with Crippen LogP contribution in [-0.2, 0) is 11.3 Å². The summed E-state index contributed by atoms with van der Waals surface area (Å²) in [6, 6.07) is 6.93. The van der Waals surface area contributed by atoms with Crippen LogP contribution in [0.25, 0.3) is 11.3 Å². The van der Waals surface area contributed by atoms with Crippen LogP contribution in [0.3, 0.4) is 0 Å². The number of aromatic nitrogens is 1. The molecule has 5 nitrogen and oxygen atoms in total. The van der Waals surface area contributed by atoms with E-state index in [9.17, 15) is 14.4 Å². The lowest BCUT2D eigenvalue weighted by molar-refractivity contribution is 0.0522. The maximum atomic E-state index is 12.7. The van der Waals surface area contributed by atoms with Crippen LogP contribution in [0, 0.1) is 6.92 Å². The summed E-state index contributed by atoms with van der Waals surface area (Å²) in [6.45, 7) is 7.79. The van der Waals surface area contributed by atoms with E-state index in [1.165, 1.54) is 0 Å². The molecule has 0 amide bonds. The second-order valence-corrected chi connectivity index (χ2v) is 5.51. The van der Waals surface area contributed by atoms with E-state index >= 15 is 0 Å². The van der Waals surface area contributed by atoms with Crippen LogP contribution in [0.2, 0.25) is 0 Å². The lowest BCUT2D eigenvalue weighted by Crippen LogP contribution is -2.23. The first kappa shape index (κ1) is 15.9. The molecule has 0 saturated heterocycles. The van der Waals surface area contributed by atoms with Crippen molar-refractivity contribution in [2.24, 2.45) is 0 Å². The molecule has 24 heavy (non-hydrogen) atoms. The second-order valence-electron chi connectivity index (χ2n) is 5.51. The number of esters is 1. The average molecular weight is 323 g/mol. The lowest BCUT2D eigenvalue weighted by atomic mass is 9.86. The van der Waals surface area contributed by atoms with Gasteiger partial charge in [-0.15, -0.1) is 6.58 Å². The Morgan fingerprint density at radius 1 is 1.21 bits per heavy atom. The van der Waals surface area contributed by atoms with E-state index in [1.807, 2.05) is 4.57 Å². The van der Waals surface area contributed by atoms with Crippen LogP contribution in [0.1, 0.15) is 43.7 Å². The van der Waals surface area contributed by atoms with E-state index in [-0.39, 0.29) is 17.7 Å². The van der Waals surface area contributed by atoms with Gasteiger partial charge < -0.3 is 9.30 Å². The summed E-state index contributed by atoms with van der Waals surface area (Å²) in [4.78, 5) is 37.5. The quantitative estimate of drug-likeness (QED) is 0.492. The third-order valence-electron chi connectivity index (χ3n) is 4.17. The number of hydrogen-bond donors (Lipinski definition) is 0. The topological polar surface area (TPSA) is 65.4 Å². The Balaban J connectivity index is 2.40. The average Bonchev–Trinajstić information content (AvgIpc) is 2.86. The largest absolute Gasteiger partial charge is 0.462 e. The van der Waals surface area contributed by atoms with Gasteiger partial charge in [0.25, 0.3) is 0 Å². The molecule has 1 heterocycles. The number of fused-ring (bicyclic) bond motifs is 3. The van der Waals surface area contributed by atoms with Crippen molar-refractivity contribution in [1.82, 2.24) is 4.57 Å². The summed E-state index contributed by atoms with van der Waals surface area (Å²) in [7, 11) is 0. The molecule has 122 valence electrons. The van der Waals surface area contributed by atoms with Crippen molar-refractivity contribution in [3.05, 3.63) is 59.3 Å². The monoisotopic (exact) mass is 323 g/mol. The number of rotatable bonds is 4. The minimum Gasteiger partial charge on any atom is -0.462 e. The van der Waals surface area contributed by atoms with E-state index in [2.05, 4.69) is 6.58 Å². The number of ketones is 2. The minimum atomic E-state index is -0.669. The van der Waals surface area contributed by atoms with Crippen LogP contribution in [-0.4, -0.2) is 28.7 Å². The third kappa shape index (κ3) is 2.12. The van der Waals surface area contributed by atoms with Gasteiger partial charge in [0.2, 0.25) is 11.6 Å². The minimum absolute atomic E-state index is 0.136. The maximum Gasteiger partial charge on any atom is 0.340 e. The van der Waals surface area contributed by atoms with Gasteiger partial charge >= 0.3 is 5.97 Å². The van der Waals surface area contributed by atoms with Gasteiger partial charge in [0.15, 0.2) is 0 Å². The molecular weight excluding hydrogens is 306 g/mol. The summed E-state index contributed by atoms with van der Waals surface area (Å²) < 4.78 is 6.93. The molecule has 0 fully saturated rings. The summed E-state index contributed by atoms with van der Waals surface area (Å²) in [5.74, 6) is -1.85. The molecule has 0 spiro atoms. The fourth-order valence-corrected chi connectivity index (χ4v) is 3.17. The zero-order chi connectivity index (χ0) is 17.4. The molecule has 0 aliphatic heterocycles. The van der Waals surface area contributed by atoms with Crippen molar-refractivity contribution >= 4 is 17.5 Å². The molecule has 0 saturated carbocycles. The van der Waals surface area contributed by atoms with E-state index in [0.717, 1.165) is 0 Å². The fraction of sp³-hybridized carbons (Fsp3) is 0.211. The zero-order valence-corrected chi connectivity index (χ0v) is 13.6. The number of nitrogens with zero attached hydrogens (tertiary/aromatic N) is 1. The van der Waals surface area contributed by atoms with Gasteiger partial charge in [-0.3, -0.25) is 9.59 Å². The lowest BCUT2D eigenvalue weighted by Gasteiger charge is -2.18. The van der Waals surface area contributed by atoms with Crippen LogP contribution in [0.15, 0.2) is 36.9 Å². The molecule has 0 N–H and O–H groups in total. The molecule has 0 atom stereocenters. The van der Waals surface area contributed by atoms with Gasteiger partial charge in [-0.05, 0) is 13.8 Å². The van der Waals surface area contributed by atoms with E-state index in [4.69, 9.17) is 4.74 Å². The standard InChI is InChI=1S/C19H17NO4/c1-4-10-20-11(3)14(19(23)24-5-2)15-16(20)12-8-6-7-9-13(12)17(21)18(15)22/h4,6-9H,1,5,10H2,2-3H3. The summed E-state index contributed by atoms with van der Waals surface area (Å²) in [6.07, 6.45) is 1.69.